The van der Waals surface area contributed by atoms with Crippen molar-refractivity contribution >= 4 is 22.8 Å². The predicted molar refractivity (Wildman–Crippen MR) is 119 cm³/mol. The minimum absolute atomic E-state index is 0.0983. The molecule has 0 radical (unpaired) electrons. The topological polar surface area (TPSA) is 53.7 Å². The number of fused-ring (bicyclic) bond motifs is 1. The number of anilines is 2. The lowest BCUT2D eigenvalue weighted by Crippen LogP contribution is -2.47. The van der Waals surface area contributed by atoms with Crippen LogP contribution in [0.1, 0.15) is 17.3 Å². The van der Waals surface area contributed by atoms with Crippen LogP contribution in [0.2, 0.25) is 0 Å². The number of rotatable bonds is 4. The fourth-order valence-corrected chi connectivity index (χ4v) is 3.99. The zero-order valence-corrected chi connectivity index (χ0v) is 16.9. The van der Waals surface area contributed by atoms with Crippen molar-refractivity contribution in [2.45, 2.75) is 6.92 Å². The minimum atomic E-state index is 0.0983. The molecule has 0 unspecified atom stereocenters. The van der Waals surface area contributed by atoms with E-state index in [1.165, 1.54) is 0 Å². The van der Waals surface area contributed by atoms with Crippen molar-refractivity contribution in [3.05, 3.63) is 78.6 Å². The second-order valence-corrected chi connectivity index (χ2v) is 7.55. The van der Waals surface area contributed by atoms with Crippen LogP contribution in [0.5, 0.6) is 0 Å². The predicted octanol–water partition coefficient (Wildman–Crippen LogP) is 3.93. The molecule has 5 rings (SSSR count). The van der Waals surface area contributed by atoms with Crippen LogP contribution in [-0.2, 0) is 0 Å². The molecule has 0 atom stereocenters. The Hall–Kier alpha value is -3.67. The van der Waals surface area contributed by atoms with Crippen LogP contribution in [0, 0.1) is 0 Å². The van der Waals surface area contributed by atoms with Crippen LogP contribution in [0.4, 0.5) is 11.5 Å². The van der Waals surface area contributed by atoms with Gasteiger partial charge in [-0.15, -0.1) is 0 Å². The van der Waals surface area contributed by atoms with Gasteiger partial charge in [-0.05, 0) is 37.3 Å². The molecule has 1 aliphatic rings. The highest BCUT2D eigenvalue weighted by atomic mass is 16.1. The van der Waals surface area contributed by atoms with Gasteiger partial charge in [0, 0.05) is 55.4 Å². The molecule has 0 N–H and O–H groups in total. The van der Waals surface area contributed by atoms with E-state index in [1.54, 1.807) is 6.92 Å². The fourth-order valence-electron chi connectivity index (χ4n) is 3.99. The molecule has 4 aromatic rings. The van der Waals surface area contributed by atoms with Gasteiger partial charge in [-0.1, -0.05) is 30.3 Å². The van der Waals surface area contributed by atoms with E-state index in [1.807, 2.05) is 59.4 Å². The third kappa shape index (κ3) is 3.41. The number of aromatic nitrogens is 3. The summed E-state index contributed by atoms with van der Waals surface area (Å²) in [4.78, 5) is 20.9. The molecule has 1 fully saturated rings. The second-order valence-electron chi connectivity index (χ2n) is 7.55. The number of hydrogen-bond donors (Lipinski definition) is 0. The van der Waals surface area contributed by atoms with Crippen molar-refractivity contribution in [3.63, 3.8) is 0 Å². The lowest BCUT2D eigenvalue weighted by atomic mass is 10.1. The Labute approximate surface area is 175 Å². The third-order valence-electron chi connectivity index (χ3n) is 5.66. The number of nitrogens with zero attached hydrogens (tertiary/aromatic N) is 5. The first-order valence-electron chi connectivity index (χ1n) is 10.2. The Kier molecular flexibility index (Phi) is 4.67. The monoisotopic (exact) mass is 397 g/mol. The smallest absolute Gasteiger partial charge is 0.159 e. The fraction of sp³-hybridized carbons (Fsp3) is 0.208. The lowest BCUT2D eigenvalue weighted by Gasteiger charge is -2.36. The number of hydrogen-bond acceptors (Lipinski definition) is 5. The number of Topliss-reactive ketones (excluding diaryl/α,β-unsaturated/α-hetero) is 1. The summed E-state index contributed by atoms with van der Waals surface area (Å²) in [7, 11) is 0. The van der Waals surface area contributed by atoms with Crippen molar-refractivity contribution in [1.29, 1.82) is 0 Å². The van der Waals surface area contributed by atoms with E-state index in [2.05, 4.69) is 33.0 Å². The van der Waals surface area contributed by atoms with Gasteiger partial charge < -0.3 is 9.80 Å². The van der Waals surface area contributed by atoms with Crippen molar-refractivity contribution in [1.82, 2.24) is 14.6 Å². The average molecular weight is 397 g/mol. The van der Waals surface area contributed by atoms with Crippen LogP contribution in [0.15, 0.2) is 73.1 Å². The summed E-state index contributed by atoms with van der Waals surface area (Å²) in [6.45, 7) is 5.17. The Bertz CT molecular complexity index is 1180. The summed E-state index contributed by atoms with van der Waals surface area (Å²) in [5.74, 6) is 1.07. The molecule has 2 aromatic heterocycles. The summed E-state index contributed by atoms with van der Waals surface area (Å²) in [5.41, 5.74) is 4.99. The molecule has 30 heavy (non-hydrogen) atoms. The summed E-state index contributed by atoms with van der Waals surface area (Å²) in [5, 5.41) is 4.74. The van der Waals surface area contributed by atoms with Crippen LogP contribution in [-0.4, -0.2) is 46.6 Å². The van der Waals surface area contributed by atoms with Crippen LogP contribution in [0.3, 0.4) is 0 Å². The van der Waals surface area contributed by atoms with Gasteiger partial charge in [-0.25, -0.2) is 9.50 Å². The first kappa shape index (κ1) is 18.4. The molecular weight excluding hydrogens is 374 g/mol. The van der Waals surface area contributed by atoms with E-state index < -0.39 is 0 Å². The molecule has 0 saturated carbocycles. The van der Waals surface area contributed by atoms with Gasteiger partial charge in [0.2, 0.25) is 0 Å². The van der Waals surface area contributed by atoms with Crippen LogP contribution >= 0.6 is 0 Å². The molecule has 0 bridgehead atoms. The second kappa shape index (κ2) is 7.63. The summed E-state index contributed by atoms with van der Waals surface area (Å²) in [6.07, 6.45) is 3.72. The maximum Gasteiger partial charge on any atom is 0.159 e. The van der Waals surface area contributed by atoms with Crippen molar-refractivity contribution in [2.75, 3.05) is 36.0 Å². The molecule has 2 aromatic carbocycles. The summed E-state index contributed by atoms with van der Waals surface area (Å²) < 4.78 is 1.91. The number of piperazine rings is 1. The average Bonchev–Trinajstić information content (AvgIpc) is 3.24. The van der Waals surface area contributed by atoms with Crippen molar-refractivity contribution in [2.24, 2.45) is 0 Å². The highest BCUT2D eigenvalue weighted by Gasteiger charge is 2.21. The largest absolute Gasteiger partial charge is 0.368 e. The lowest BCUT2D eigenvalue weighted by molar-refractivity contribution is 0.101. The van der Waals surface area contributed by atoms with E-state index in [4.69, 9.17) is 5.10 Å². The van der Waals surface area contributed by atoms with Crippen LogP contribution < -0.4 is 9.80 Å². The SMILES string of the molecule is CC(=O)c1ccc(N2CCN(c3nccn4nc(-c5ccccc5)cc34)CC2)cc1. The standard InChI is InChI=1S/C24H23N5O/c1-18(30)19-7-9-21(10-8-19)27-13-15-28(16-14-27)24-23-17-22(20-5-3-2-4-6-20)26-29(23)12-11-25-24/h2-12,17H,13-16H2,1H3. The highest BCUT2D eigenvalue weighted by molar-refractivity contribution is 5.94. The van der Waals surface area contributed by atoms with Gasteiger partial charge in [0.05, 0.1) is 5.69 Å². The first-order valence-corrected chi connectivity index (χ1v) is 10.2. The number of carbonyl (C=O) groups excluding carboxylic acids is 1. The van der Waals surface area contributed by atoms with Gasteiger partial charge in [-0.3, -0.25) is 4.79 Å². The quantitative estimate of drug-likeness (QED) is 0.489. The van der Waals surface area contributed by atoms with Gasteiger partial charge >= 0.3 is 0 Å². The minimum Gasteiger partial charge on any atom is -0.368 e. The summed E-state index contributed by atoms with van der Waals surface area (Å²) >= 11 is 0. The Balaban J connectivity index is 1.36. The van der Waals surface area contributed by atoms with Gasteiger partial charge in [0.1, 0.15) is 5.52 Å². The maximum absolute atomic E-state index is 11.5. The number of benzene rings is 2. The molecule has 150 valence electrons. The molecule has 6 heteroatoms. The zero-order chi connectivity index (χ0) is 20.5. The van der Waals surface area contributed by atoms with E-state index in [9.17, 15) is 4.79 Å². The van der Waals surface area contributed by atoms with Crippen molar-refractivity contribution in [3.8, 4) is 11.3 Å². The van der Waals surface area contributed by atoms with E-state index >= 15 is 0 Å². The molecule has 1 saturated heterocycles. The van der Waals surface area contributed by atoms with Crippen LogP contribution in [0.25, 0.3) is 16.8 Å². The Morgan fingerprint density at radius 3 is 2.30 bits per heavy atom. The Morgan fingerprint density at radius 2 is 1.60 bits per heavy atom. The van der Waals surface area contributed by atoms with Gasteiger partial charge in [0.25, 0.3) is 0 Å². The van der Waals surface area contributed by atoms with Crippen molar-refractivity contribution < 1.29 is 4.79 Å². The third-order valence-corrected chi connectivity index (χ3v) is 5.66. The molecule has 0 amide bonds. The molecular formula is C24H23N5O. The molecule has 1 aliphatic heterocycles. The number of ketones is 1. The zero-order valence-electron chi connectivity index (χ0n) is 16.9. The van der Waals surface area contributed by atoms with Gasteiger partial charge in [-0.2, -0.15) is 5.10 Å². The normalized spacial score (nSPS) is 14.3. The van der Waals surface area contributed by atoms with E-state index in [0.717, 1.165) is 60.0 Å². The molecule has 3 heterocycles. The first-order chi connectivity index (χ1) is 14.7. The van der Waals surface area contributed by atoms with Gasteiger partial charge in [0.15, 0.2) is 11.6 Å². The number of carbonyl (C=O) groups is 1. The maximum atomic E-state index is 11.5. The highest BCUT2D eigenvalue weighted by Crippen LogP contribution is 2.26. The molecule has 0 spiro atoms. The van der Waals surface area contributed by atoms with E-state index in [0.29, 0.717) is 0 Å². The summed E-state index contributed by atoms with van der Waals surface area (Å²) in [6, 6.07) is 20.2. The van der Waals surface area contributed by atoms with E-state index in [-0.39, 0.29) is 5.78 Å². The molecule has 6 nitrogen and oxygen atoms in total. The molecule has 0 aliphatic carbocycles. The Morgan fingerprint density at radius 1 is 0.900 bits per heavy atom.